The van der Waals surface area contributed by atoms with E-state index in [9.17, 15) is 9.59 Å². The summed E-state index contributed by atoms with van der Waals surface area (Å²) in [6.45, 7) is 4.02. The number of para-hydroxylation sites is 2. The molecular weight excluding hydrogens is 362 g/mol. The summed E-state index contributed by atoms with van der Waals surface area (Å²) >= 11 is 0. The summed E-state index contributed by atoms with van der Waals surface area (Å²) in [6, 6.07) is 12.4. The Hall–Kier alpha value is -3.48. The number of nitrogens with one attached hydrogen (secondary N) is 1. The fourth-order valence-electron chi connectivity index (χ4n) is 2.53. The number of hydrogen-bond acceptors (Lipinski definition) is 6. The van der Waals surface area contributed by atoms with Gasteiger partial charge in [-0.15, -0.1) is 0 Å². The number of benzene rings is 2. The minimum absolute atomic E-state index is 0.184. The molecule has 1 atom stereocenters. The highest BCUT2D eigenvalue weighted by Crippen LogP contribution is 2.32. The number of fused-ring (bicyclic) bond motifs is 1. The van der Waals surface area contributed by atoms with Crippen LogP contribution in [-0.2, 0) is 14.3 Å². The van der Waals surface area contributed by atoms with Crippen molar-refractivity contribution in [3.8, 4) is 17.2 Å². The number of amides is 1. The Labute approximate surface area is 162 Å². The standard InChI is InChI=1S/C21H21NO6/c1-3-25-17-7-5-4-6-16(17)22-21(24)14(2)28-20(23)11-9-15-8-10-18-19(12-15)27-13-26-18/h4-12,14H,3,13H2,1-2H3,(H,22,24)/b11-9+. The SMILES string of the molecule is CCOc1ccccc1NC(=O)C(C)OC(=O)/C=C/c1ccc2c(c1)OCO2. The first kappa shape index (κ1) is 19.3. The van der Waals surface area contributed by atoms with E-state index in [-0.39, 0.29) is 6.79 Å². The summed E-state index contributed by atoms with van der Waals surface area (Å²) in [5, 5.41) is 2.71. The van der Waals surface area contributed by atoms with Crippen LogP contribution in [0.25, 0.3) is 6.08 Å². The molecule has 0 radical (unpaired) electrons. The maximum atomic E-state index is 12.3. The first-order valence-electron chi connectivity index (χ1n) is 8.88. The first-order chi connectivity index (χ1) is 13.6. The summed E-state index contributed by atoms with van der Waals surface area (Å²) in [5.41, 5.74) is 1.28. The van der Waals surface area contributed by atoms with Crippen molar-refractivity contribution < 1.29 is 28.5 Å². The third-order valence-electron chi connectivity index (χ3n) is 3.92. The maximum absolute atomic E-state index is 12.3. The number of rotatable bonds is 7. The zero-order chi connectivity index (χ0) is 19.9. The fraction of sp³-hybridized carbons (Fsp3) is 0.238. The van der Waals surface area contributed by atoms with Crippen LogP contribution in [0.2, 0.25) is 0 Å². The Morgan fingerprint density at radius 1 is 1.18 bits per heavy atom. The lowest BCUT2D eigenvalue weighted by Crippen LogP contribution is -2.29. The average Bonchev–Trinajstić information content (AvgIpc) is 3.16. The quantitative estimate of drug-likeness (QED) is 0.583. The van der Waals surface area contributed by atoms with Gasteiger partial charge in [-0.1, -0.05) is 18.2 Å². The monoisotopic (exact) mass is 383 g/mol. The topological polar surface area (TPSA) is 83.1 Å². The smallest absolute Gasteiger partial charge is 0.331 e. The second-order valence-corrected chi connectivity index (χ2v) is 5.94. The van der Waals surface area contributed by atoms with E-state index in [0.717, 1.165) is 5.56 Å². The summed E-state index contributed by atoms with van der Waals surface area (Å²) in [7, 11) is 0. The Morgan fingerprint density at radius 3 is 2.79 bits per heavy atom. The molecule has 2 aromatic carbocycles. The van der Waals surface area contributed by atoms with Crippen molar-refractivity contribution in [1.29, 1.82) is 0 Å². The van der Waals surface area contributed by atoms with Gasteiger partial charge >= 0.3 is 5.97 Å². The van der Waals surface area contributed by atoms with Gasteiger partial charge in [0.05, 0.1) is 12.3 Å². The lowest BCUT2D eigenvalue weighted by molar-refractivity contribution is -0.148. The highest BCUT2D eigenvalue weighted by molar-refractivity contribution is 5.97. The van der Waals surface area contributed by atoms with Crippen molar-refractivity contribution in [2.45, 2.75) is 20.0 Å². The third-order valence-corrected chi connectivity index (χ3v) is 3.92. The molecule has 1 heterocycles. The molecule has 0 fully saturated rings. The molecule has 28 heavy (non-hydrogen) atoms. The Kier molecular flexibility index (Phi) is 6.16. The zero-order valence-electron chi connectivity index (χ0n) is 15.6. The second-order valence-electron chi connectivity index (χ2n) is 5.94. The number of hydrogen-bond donors (Lipinski definition) is 1. The molecule has 3 rings (SSSR count). The van der Waals surface area contributed by atoms with E-state index in [1.165, 1.54) is 13.0 Å². The van der Waals surface area contributed by atoms with E-state index < -0.39 is 18.0 Å². The minimum atomic E-state index is -0.969. The molecule has 1 unspecified atom stereocenters. The van der Waals surface area contributed by atoms with Gasteiger partial charge in [0.15, 0.2) is 17.6 Å². The van der Waals surface area contributed by atoms with Gasteiger partial charge in [-0.3, -0.25) is 4.79 Å². The van der Waals surface area contributed by atoms with Gasteiger partial charge in [0.25, 0.3) is 5.91 Å². The van der Waals surface area contributed by atoms with Crippen LogP contribution in [0.3, 0.4) is 0 Å². The van der Waals surface area contributed by atoms with Crippen molar-refractivity contribution in [3.05, 3.63) is 54.1 Å². The van der Waals surface area contributed by atoms with Crippen molar-refractivity contribution in [2.24, 2.45) is 0 Å². The molecule has 1 aliphatic rings. The summed E-state index contributed by atoms with van der Waals surface area (Å²) in [5.74, 6) is 0.767. The number of carbonyl (C=O) groups excluding carboxylic acids is 2. The lowest BCUT2D eigenvalue weighted by atomic mass is 10.2. The molecular formula is C21H21NO6. The molecule has 1 N–H and O–H groups in total. The maximum Gasteiger partial charge on any atom is 0.331 e. The summed E-state index contributed by atoms with van der Waals surface area (Å²) in [6.07, 6.45) is 1.87. The van der Waals surface area contributed by atoms with E-state index in [1.807, 2.05) is 13.0 Å². The van der Waals surface area contributed by atoms with Crippen molar-refractivity contribution in [1.82, 2.24) is 0 Å². The van der Waals surface area contributed by atoms with Crippen LogP contribution in [0, 0.1) is 0 Å². The van der Waals surface area contributed by atoms with Gasteiger partial charge in [0.2, 0.25) is 6.79 Å². The van der Waals surface area contributed by atoms with E-state index in [4.69, 9.17) is 18.9 Å². The van der Waals surface area contributed by atoms with E-state index in [1.54, 1.807) is 42.5 Å². The van der Waals surface area contributed by atoms with Crippen molar-refractivity contribution in [2.75, 3.05) is 18.7 Å². The first-order valence-corrected chi connectivity index (χ1v) is 8.88. The van der Waals surface area contributed by atoms with E-state index in [0.29, 0.717) is 29.5 Å². The molecule has 146 valence electrons. The predicted molar refractivity (Wildman–Crippen MR) is 103 cm³/mol. The van der Waals surface area contributed by atoms with Crippen LogP contribution in [0.15, 0.2) is 48.5 Å². The molecule has 0 saturated heterocycles. The molecule has 0 aromatic heterocycles. The molecule has 7 nitrogen and oxygen atoms in total. The van der Waals surface area contributed by atoms with Crippen LogP contribution in [-0.4, -0.2) is 31.4 Å². The molecule has 0 bridgehead atoms. The molecule has 2 aromatic rings. The normalized spacial score (nSPS) is 13.2. The number of carbonyl (C=O) groups is 2. The zero-order valence-corrected chi connectivity index (χ0v) is 15.6. The van der Waals surface area contributed by atoms with Crippen molar-refractivity contribution >= 4 is 23.6 Å². The number of anilines is 1. The molecule has 0 aliphatic carbocycles. The molecule has 1 aliphatic heterocycles. The lowest BCUT2D eigenvalue weighted by Gasteiger charge is -2.15. The predicted octanol–water partition coefficient (Wildman–Crippen LogP) is 3.40. The second kappa shape index (κ2) is 8.94. The van der Waals surface area contributed by atoms with Crippen LogP contribution < -0.4 is 19.5 Å². The Morgan fingerprint density at radius 2 is 1.96 bits per heavy atom. The highest BCUT2D eigenvalue weighted by atomic mass is 16.7. The van der Waals surface area contributed by atoms with Gasteiger partial charge in [0, 0.05) is 6.08 Å². The van der Waals surface area contributed by atoms with Crippen LogP contribution in [0.5, 0.6) is 17.2 Å². The van der Waals surface area contributed by atoms with E-state index in [2.05, 4.69) is 5.32 Å². The number of ether oxygens (including phenoxy) is 4. The molecule has 7 heteroatoms. The van der Waals surface area contributed by atoms with Crippen LogP contribution in [0.1, 0.15) is 19.4 Å². The van der Waals surface area contributed by atoms with Gasteiger partial charge in [-0.05, 0) is 49.8 Å². The fourth-order valence-corrected chi connectivity index (χ4v) is 2.53. The summed E-state index contributed by atoms with van der Waals surface area (Å²) < 4.78 is 21.2. The highest BCUT2D eigenvalue weighted by Gasteiger charge is 2.18. The number of esters is 1. The van der Waals surface area contributed by atoms with E-state index >= 15 is 0 Å². The molecule has 0 spiro atoms. The largest absolute Gasteiger partial charge is 0.492 e. The van der Waals surface area contributed by atoms with Crippen LogP contribution in [0.4, 0.5) is 5.69 Å². The molecule has 1 amide bonds. The van der Waals surface area contributed by atoms with Gasteiger partial charge in [0.1, 0.15) is 5.75 Å². The summed E-state index contributed by atoms with van der Waals surface area (Å²) in [4.78, 5) is 24.3. The Balaban J connectivity index is 1.55. The Bertz CT molecular complexity index is 892. The van der Waals surface area contributed by atoms with Gasteiger partial charge < -0.3 is 24.3 Å². The van der Waals surface area contributed by atoms with Crippen LogP contribution >= 0.6 is 0 Å². The minimum Gasteiger partial charge on any atom is -0.492 e. The van der Waals surface area contributed by atoms with Gasteiger partial charge in [-0.25, -0.2) is 4.79 Å². The van der Waals surface area contributed by atoms with Gasteiger partial charge in [-0.2, -0.15) is 0 Å². The average molecular weight is 383 g/mol. The van der Waals surface area contributed by atoms with Crippen molar-refractivity contribution in [3.63, 3.8) is 0 Å². The molecule has 0 saturated carbocycles. The third kappa shape index (κ3) is 4.82.